The van der Waals surface area contributed by atoms with Crippen molar-refractivity contribution in [2.24, 2.45) is 0 Å². The predicted molar refractivity (Wildman–Crippen MR) is 108 cm³/mol. The first-order valence-electron chi connectivity index (χ1n) is 8.87. The molecule has 1 atom stereocenters. The van der Waals surface area contributed by atoms with E-state index in [0.717, 1.165) is 17.2 Å². The minimum absolute atomic E-state index is 0.126. The molecule has 28 heavy (non-hydrogen) atoms. The van der Waals surface area contributed by atoms with Gasteiger partial charge in [-0.2, -0.15) is 0 Å². The van der Waals surface area contributed by atoms with Crippen LogP contribution in [0.15, 0.2) is 65.5 Å². The van der Waals surface area contributed by atoms with Crippen molar-refractivity contribution in [2.75, 3.05) is 6.54 Å². The number of hydrogen-bond donors (Lipinski definition) is 3. The van der Waals surface area contributed by atoms with E-state index in [1.165, 1.54) is 0 Å². The molecule has 0 saturated carbocycles. The second kappa shape index (κ2) is 9.19. The van der Waals surface area contributed by atoms with Gasteiger partial charge in [0.2, 0.25) is 11.8 Å². The van der Waals surface area contributed by atoms with Crippen molar-refractivity contribution in [2.45, 2.75) is 18.8 Å². The molecule has 6 nitrogen and oxygen atoms in total. The van der Waals surface area contributed by atoms with E-state index in [9.17, 15) is 14.7 Å². The van der Waals surface area contributed by atoms with Crippen LogP contribution >= 0.6 is 11.6 Å². The molecule has 0 saturated heterocycles. The van der Waals surface area contributed by atoms with E-state index in [2.05, 4.69) is 15.3 Å². The van der Waals surface area contributed by atoms with Gasteiger partial charge in [-0.15, -0.1) is 0 Å². The SMILES string of the molecule is O=C(CC(c1ccccc1)c1cccc(Cl)c1)NCCc1nc(O)cc(=O)[nH]1. The summed E-state index contributed by atoms with van der Waals surface area (Å²) < 4.78 is 0. The van der Waals surface area contributed by atoms with Crippen LogP contribution < -0.4 is 10.9 Å². The summed E-state index contributed by atoms with van der Waals surface area (Å²) in [6.07, 6.45) is 0.566. The lowest BCUT2D eigenvalue weighted by atomic mass is 9.88. The average molecular weight is 398 g/mol. The summed E-state index contributed by atoms with van der Waals surface area (Å²) in [5.74, 6) is -0.273. The first-order chi connectivity index (χ1) is 13.5. The van der Waals surface area contributed by atoms with Gasteiger partial charge < -0.3 is 15.4 Å². The van der Waals surface area contributed by atoms with E-state index in [-0.39, 0.29) is 24.1 Å². The minimum atomic E-state index is -0.432. The third-order valence-corrected chi connectivity index (χ3v) is 4.54. The lowest BCUT2D eigenvalue weighted by molar-refractivity contribution is -0.121. The van der Waals surface area contributed by atoms with Gasteiger partial charge in [-0.05, 0) is 23.3 Å². The molecule has 7 heteroatoms. The number of rotatable bonds is 7. The van der Waals surface area contributed by atoms with Gasteiger partial charge in [-0.3, -0.25) is 9.59 Å². The number of H-pyrrole nitrogens is 1. The number of nitrogens with one attached hydrogen (secondary N) is 2. The molecule has 0 bridgehead atoms. The molecule has 144 valence electrons. The number of carbonyl (C=O) groups is 1. The molecule has 0 aliphatic carbocycles. The molecule has 0 aliphatic rings. The minimum Gasteiger partial charge on any atom is -0.493 e. The number of aromatic hydroxyl groups is 1. The second-order valence-electron chi connectivity index (χ2n) is 6.37. The van der Waals surface area contributed by atoms with Crippen molar-refractivity contribution < 1.29 is 9.90 Å². The summed E-state index contributed by atoms with van der Waals surface area (Å²) in [5, 5.41) is 12.8. The van der Waals surface area contributed by atoms with Gasteiger partial charge in [-0.25, -0.2) is 4.98 Å². The Balaban J connectivity index is 1.67. The number of aromatic amines is 1. The van der Waals surface area contributed by atoms with E-state index in [1.54, 1.807) is 6.07 Å². The van der Waals surface area contributed by atoms with Crippen molar-refractivity contribution in [1.82, 2.24) is 15.3 Å². The molecule has 2 aromatic carbocycles. The van der Waals surface area contributed by atoms with E-state index >= 15 is 0 Å². The average Bonchev–Trinajstić information content (AvgIpc) is 2.66. The Labute approximate surface area is 167 Å². The van der Waals surface area contributed by atoms with Gasteiger partial charge in [0.25, 0.3) is 5.56 Å². The first kappa shape index (κ1) is 19.6. The van der Waals surface area contributed by atoms with Crippen molar-refractivity contribution in [1.29, 1.82) is 0 Å². The molecular formula is C21H20ClN3O3. The number of benzene rings is 2. The Morgan fingerprint density at radius 3 is 2.57 bits per heavy atom. The van der Waals surface area contributed by atoms with Gasteiger partial charge in [0, 0.05) is 30.3 Å². The fourth-order valence-corrected chi connectivity index (χ4v) is 3.23. The standard InChI is InChI=1S/C21H20ClN3O3/c22-16-8-4-7-15(11-16)17(14-5-2-1-3-6-14)12-19(26)23-10-9-18-24-20(27)13-21(28)25-18/h1-8,11,13,17H,9-10,12H2,(H,23,26)(H2,24,25,27,28). The highest BCUT2D eigenvalue weighted by Crippen LogP contribution is 2.29. The van der Waals surface area contributed by atoms with Crippen LogP contribution in [0.5, 0.6) is 5.88 Å². The summed E-state index contributed by atoms with van der Waals surface area (Å²) in [4.78, 5) is 30.2. The molecular weight excluding hydrogens is 378 g/mol. The molecule has 1 heterocycles. The van der Waals surface area contributed by atoms with Gasteiger partial charge in [0.1, 0.15) is 5.82 Å². The Morgan fingerprint density at radius 2 is 1.86 bits per heavy atom. The number of aromatic nitrogens is 2. The van der Waals surface area contributed by atoms with Crippen LogP contribution in [0.2, 0.25) is 5.02 Å². The number of hydrogen-bond acceptors (Lipinski definition) is 4. The van der Waals surface area contributed by atoms with E-state index in [4.69, 9.17) is 11.6 Å². The third-order valence-electron chi connectivity index (χ3n) is 4.30. The van der Waals surface area contributed by atoms with Crippen LogP contribution in [0.1, 0.15) is 29.3 Å². The zero-order valence-corrected chi connectivity index (χ0v) is 15.8. The van der Waals surface area contributed by atoms with Crippen LogP contribution in [0.4, 0.5) is 0 Å². The fraction of sp³-hybridized carbons (Fsp3) is 0.190. The first-order valence-corrected chi connectivity index (χ1v) is 9.25. The maximum atomic E-state index is 12.5. The molecule has 3 rings (SSSR count). The van der Waals surface area contributed by atoms with E-state index in [1.807, 2.05) is 48.5 Å². The number of carbonyl (C=O) groups excluding carboxylic acids is 1. The van der Waals surface area contributed by atoms with Crippen LogP contribution in [0.25, 0.3) is 0 Å². The van der Waals surface area contributed by atoms with Gasteiger partial charge in [0.15, 0.2) is 0 Å². The molecule has 3 aromatic rings. The zero-order chi connectivity index (χ0) is 19.9. The molecule has 3 N–H and O–H groups in total. The summed E-state index contributed by atoms with van der Waals surface area (Å²) >= 11 is 6.13. The Morgan fingerprint density at radius 1 is 1.11 bits per heavy atom. The van der Waals surface area contributed by atoms with E-state index in [0.29, 0.717) is 23.8 Å². The van der Waals surface area contributed by atoms with Gasteiger partial charge in [-0.1, -0.05) is 54.1 Å². The van der Waals surface area contributed by atoms with Crippen LogP contribution in [0, 0.1) is 0 Å². The maximum absolute atomic E-state index is 12.5. The highest BCUT2D eigenvalue weighted by Gasteiger charge is 2.18. The Kier molecular flexibility index (Phi) is 6.45. The number of halogens is 1. The largest absolute Gasteiger partial charge is 0.493 e. The highest BCUT2D eigenvalue weighted by molar-refractivity contribution is 6.30. The maximum Gasteiger partial charge on any atom is 0.254 e. The number of amides is 1. The monoisotopic (exact) mass is 397 g/mol. The lowest BCUT2D eigenvalue weighted by Gasteiger charge is -2.18. The molecule has 1 aromatic heterocycles. The summed E-state index contributed by atoms with van der Waals surface area (Å²) in [7, 11) is 0. The second-order valence-corrected chi connectivity index (χ2v) is 6.81. The summed E-state index contributed by atoms with van der Waals surface area (Å²) in [5.41, 5.74) is 1.56. The smallest absolute Gasteiger partial charge is 0.254 e. The van der Waals surface area contributed by atoms with Crippen molar-refractivity contribution >= 4 is 17.5 Å². The quantitative estimate of drug-likeness (QED) is 0.571. The Hall–Kier alpha value is -3.12. The molecule has 1 unspecified atom stereocenters. The summed E-state index contributed by atoms with van der Waals surface area (Å²) in [6, 6.07) is 18.3. The van der Waals surface area contributed by atoms with Crippen LogP contribution in [-0.2, 0) is 11.2 Å². The predicted octanol–water partition coefficient (Wildman–Crippen LogP) is 3.01. The molecule has 0 aliphatic heterocycles. The molecule has 0 spiro atoms. The van der Waals surface area contributed by atoms with Gasteiger partial charge >= 0.3 is 0 Å². The van der Waals surface area contributed by atoms with Gasteiger partial charge in [0.05, 0.1) is 6.07 Å². The van der Waals surface area contributed by atoms with Crippen LogP contribution in [0.3, 0.4) is 0 Å². The Bertz CT molecular complexity index is 1010. The molecule has 0 radical (unpaired) electrons. The van der Waals surface area contributed by atoms with Crippen LogP contribution in [-0.4, -0.2) is 27.5 Å². The normalized spacial score (nSPS) is 11.8. The molecule has 1 amide bonds. The fourth-order valence-electron chi connectivity index (χ4n) is 3.03. The summed E-state index contributed by atoms with van der Waals surface area (Å²) in [6.45, 7) is 0.294. The molecule has 0 fully saturated rings. The van der Waals surface area contributed by atoms with Crippen molar-refractivity contribution in [3.63, 3.8) is 0 Å². The number of nitrogens with zero attached hydrogens (tertiary/aromatic N) is 1. The topological polar surface area (TPSA) is 95.1 Å². The third kappa shape index (κ3) is 5.44. The van der Waals surface area contributed by atoms with Crippen molar-refractivity contribution in [3.05, 3.63) is 93.0 Å². The lowest BCUT2D eigenvalue weighted by Crippen LogP contribution is -2.28. The highest BCUT2D eigenvalue weighted by atomic mass is 35.5. The van der Waals surface area contributed by atoms with E-state index < -0.39 is 5.56 Å². The zero-order valence-electron chi connectivity index (χ0n) is 15.1. The van der Waals surface area contributed by atoms with Crippen molar-refractivity contribution in [3.8, 4) is 5.88 Å².